The van der Waals surface area contributed by atoms with Gasteiger partial charge in [0.2, 0.25) is 0 Å². The first-order valence-corrected chi connectivity index (χ1v) is 4.04. The highest BCUT2D eigenvalue weighted by Crippen LogP contribution is 2.19. The molecule has 0 saturated heterocycles. The van der Waals surface area contributed by atoms with Crippen LogP contribution in [0, 0.1) is 6.92 Å². The minimum atomic E-state index is -0.964. The van der Waals surface area contributed by atoms with Crippen molar-refractivity contribution in [3.63, 3.8) is 0 Å². The number of carbonyl (C=O) groups is 1. The highest BCUT2D eigenvalue weighted by molar-refractivity contribution is 9.10. The van der Waals surface area contributed by atoms with Gasteiger partial charge in [-0.05, 0) is 24.6 Å². The second-order valence-electron chi connectivity index (χ2n) is 2.28. The fraction of sp³-hybridized carbons (Fsp3) is 0.125. The van der Waals surface area contributed by atoms with E-state index in [0.29, 0.717) is 5.56 Å². The normalized spacial score (nSPS) is 9.58. The van der Waals surface area contributed by atoms with Crippen LogP contribution in [0.25, 0.3) is 0 Å². The van der Waals surface area contributed by atoms with Crippen molar-refractivity contribution in [3.8, 4) is 0 Å². The maximum Gasteiger partial charge on any atom is 0.379 e. The van der Waals surface area contributed by atoms with Gasteiger partial charge in [-0.1, -0.05) is 22.0 Å². The van der Waals surface area contributed by atoms with Crippen LogP contribution >= 0.6 is 15.9 Å². The molecule has 1 rings (SSSR count). The average Bonchev–Trinajstić information content (AvgIpc) is 2.08. The van der Waals surface area contributed by atoms with E-state index >= 15 is 0 Å². The molecule has 0 heterocycles. The standard InChI is InChI=1S/C8H6BrFO2/c1-5-6(8(11)12-10)3-2-4-7(5)9/h2-4H,1H3. The molecule has 0 aliphatic heterocycles. The van der Waals surface area contributed by atoms with Gasteiger partial charge in [0.25, 0.3) is 0 Å². The summed E-state index contributed by atoms with van der Waals surface area (Å²) < 4.78 is 12.3. The Kier molecular flexibility index (Phi) is 2.81. The lowest BCUT2D eigenvalue weighted by atomic mass is 10.1. The molecule has 0 N–H and O–H groups in total. The van der Waals surface area contributed by atoms with Crippen LogP contribution in [-0.2, 0) is 4.94 Å². The molecule has 0 radical (unpaired) electrons. The van der Waals surface area contributed by atoms with E-state index in [0.717, 1.165) is 4.47 Å². The Morgan fingerprint density at radius 3 is 2.83 bits per heavy atom. The maximum absolute atomic E-state index is 11.5. The predicted molar refractivity (Wildman–Crippen MR) is 45.4 cm³/mol. The van der Waals surface area contributed by atoms with Crippen molar-refractivity contribution in [1.29, 1.82) is 0 Å². The first-order valence-electron chi connectivity index (χ1n) is 3.25. The van der Waals surface area contributed by atoms with E-state index in [1.165, 1.54) is 6.07 Å². The van der Waals surface area contributed by atoms with Crippen LogP contribution < -0.4 is 0 Å². The molecule has 0 saturated carbocycles. The van der Waals surface area contributed by atoms with Crippen molar-refractivity contribution in [3.05, 3.63) is 33.8 Å². The van der Waals surface area contributed by atoms with Crippen LogP contribution in [-0.4, -0.2) is 5.97 Å². The maximum atomic E-state index is 11.5. The summed E-state index contributed by atoms with van der Waals surface area (Å²) in [7, 11) is 0. The summed E-state index contributed by atoms with van der Waals surface area (Å²) in [6.45, 7) is 1.70. The first kappa shape index (κ1) is 9.19. The van der Waals surface area contributed by atoms with Crippen molar-refractivity contribution < 1.29 is 14.3 Å². The summed E-state index contributed by atoms with van der Waals surface area (Å²) in [5.74, 6) is -0.964. The zero-order valence-electron chi connectivity index (χ0n) is 6.30. The predicted octanol–water partition coefficient (Wildman–Crippen LogP) is 2.80. The van der Waals surface area contributed by atoms with Crippen molar-refractivity contribution in [1.82, 2.24) is 0 Å². The van der Waals surface area contributed by atoms with Gasteiger partial charge < -0.3 is 0 Å². The number of carbonyl (C=O) groups excluding carboxylic acids is 1. The summed E-state index contributed by atoms with van der Waals surface area (Å²) in [4.78, 5) is 13.9. The van der Waals surface area contributed by atoms with E-state index in [1.54, 1.807) is 19.1 Å². The Labute approximate surface area is 77.4 Å². The Balaban J connectivity index is 3.16. The molecule has 2 nitrogen and oxygen atoms in total. The average molecular weight is 233 g/mol. The zero-order chi connectivity index (χ0) is 9.14. The van der Waals surface area contributed by atoms with Crippen molar-refractivity contribution >= 4 is 21.9 Å². The fourth-order valence-corrected chi connectivity index (χ4v) is 1.24. The molecule has 64 valence electrons. The van der Waals surface area contributed by atoms with E-state index < -0.39 is 5.97 Å². The van der Waals surface area contributed by atoms with Crippen LogP contribution in [0.2, 0.25) is 0 Å². The zero-order valence-corrected chi connectivity index (χ0v) is 7.89. The number of halogens is 2. The van der Waals surface area contributed by atoms with Crippen molar-refractivity contribution in [2.75, 3.05) is 0 Å². The molecule has 0 aliphatic carbocycles. The molecule has 0 spiro atoms. The molecular formula is C8H6BrFO2. The van der Waals surface area contributed by atoms with Gasteiger partial charge in [0.1, 0.15) is 0 Å². The van der Waals surface area contributed by atoms with Crippen molar-refractivity contribution in [2.45, 2.75) is 6.92 Å². The van der Waals surface area contributed by atoms with Crippen LogP contribution in [0.4, 0.5) is 4.53 Å². The summed E-state index contributed by atoms with van der Waals surface area (Å²) >= 11 is 3.21. The Hall–Kier alpha value is -0.900. The number of rotatable bonds is 1. The van der Waals surface area contributed by atoms with Crippen LogP contribution in [0.3, 0.4) is 0 Å². The van der Waals surface area contributed by atoms with Gasteiger partial charge in [0, 0.05) is 9.00 Å². The molecule has 0 unspecified atom stereocenters. The highest BCUT2D eigenvalue weighted by atomic mass is 79.9. The molecule has 1 aromatic rings. The number of hydrogen-bond acceptors (Lipinski definition) is 2. The molecule has 0 fully saturated rings. The van der Waals surface area contributed by atoms with E-state index in [1.807, 2.05) is 0 Å². The highest BCUT2D eigenvalue weighted by Gasteiger charge is 2.11. The van der Waals surface area contributed by atoms with Gasteiger partial charge >= 0.3 is 5.97 Å². The van der Waals surface area contributed by atoms with E-state index in [-0.39, 0.29) is 5.56 Å². The first-order chi connectivity index (χ1) is 5.66. The SMILES string of the molecule is Cc1c(Br)cccc1C(=O)OF. The monoisotopic (exact) mass is 232 g/mol. The van der Waals surface area contributed by atoms with Gasteiger partial charge in [-0.25, -0.2) is 9.74 Å². The van der Waals surface area contributed by atoms with Crippen molar-refractivity contribution in [2.24, 2.45) is 0 Å². The number of hydrogen-bond donors (Lipinski definition) is 0. The fourth-order valence-electron chi connectivity index (χ4n) is 0.870. The molecular weight excluding hydrogens is 227 g/mol. The van der Waals surface area contributed by atoms with E-state index in [4.69, 9.17) is 0 Å². The molecule has 0 aliphatic rings. The minimum Gasteiger partial charge on any atom is -0.249 e. The summed E-state index contributed by atoms with van der Waals surface area (Å²) in [5, 5.41) is 0. The molecule has 1 aromatic carbocycles. The second kappa shape index (κ2) is 3.67. The topological polar surface area (TPSA) is 26.3 Å². The third-order valence-electron chi connectivity index (χ3n) is 1.56. The van der Waals surface area contributed by atoms with E-state index in [9.17, 15) is 9.32 Å². The van der Waals surface area contributed by atoms with Crippen LogP contribution in [0.5, 0.6) is 0 Å². The quantitative estimate of drug-likeness (QED) is 0.745. The lowest BCUT2D eigenvalue weighted by molar-refractivity contribution is -0.0788. The van der Waals surface area contributed by atoms with Gasteiger partial charge in [-0.2, -0.15) is 0 Å². The second-order valence-corrected chi connectivity index (χ2v) is 3.13. The lowest BCUT2D eigenvalue weighted by Crippen LogP contribution is -2.01. The summed E-state index contributed by atoms with van der Waals surface area (Å²) in [6.07, 6.45) is 0. The molecule has 4 heteroatoms. The third-order valence-corrected chi connectivity index (χ3v) is 2.42. The largest absolute Gasteiger partial charge is 0.379 e. The van der Waals surface area contributed by atoms with Gasteiger partial charge in [-0.15, -0.1) is 0 Å². The van der Waals surface area contributed by atoms with Gasteiger partial charge in [0.05, 0.1) is 5.56 Å². The molecule has 0 bridgehead atoms. The Morgan fingerprint density at radius 1 is 1.58 bits per heavy atom. The molecule has 0 aromatic heterocycles. The summed E-state index contributed by atoms with van der Waals surface area (Å²) in [6, 6.07) is 4.91. The Morgan fingerprint density at radius 2 is 2.25 bits per heavy atom. The van der Waals surface area contributed by atoms with E-state index in [2.05, 4.69) is 20.9 Å². The summed E-state index contributed by atoms with van der Waals surface area (Å²) in [5.41, 5.74) is 0.895. The smallest absolute Gasteiger partial charge is 0.249 e. The molecule has 0 atom stereocenters. The Bertz CT molecular complexity index is 312. The number of benzene rings is 1. The lowest BCUT2D eigenvalue weighted by Gasteiger charge is -2.01. The van der Waals surface area contributed by atoms with Gasteiger partial charge in [-0.3, -0.25) is 0 Å². The molecule has 12 heavy (non-hydrogen) atoms. The van der Waals surface area contributed by atoms with Crippen LogP contribution in [0.1, 0.15) is 15.9 Å². The minimum absolute atomic E-state index is 0.229. The molecule has 0 amide bonds. The third kappa shape index (κ3) is 1.64. The van der Waals surface area contributed by atoms with Crippen LogP contribution in [0.15, 0.2) is 22.7 Å². The van der Waals surface area contributed by atoms with Gasteiger partial charge in [0.15, 0.2) is 0 Å².